The average Bonchev–Trinajstić information content (AvgIpc) is 2.51. The fourth-order valence-corrected chi connectivity index (χ4v) is 1.01. The van der Waals surface area contributed by atoms with Crippen molar-refractivity contribution in [2.75, 3.05) is 11.2 Å². The molecule has 0 saturated heterocycles. The van der Waals surface area contributed by atoms with Gasteiger partial charge in [-0.1, -0.05) is 5.16 Å². The maximum Gasteiger partial charge on any atom is 0.328 e. The molecule has 7 heteroatoms. The first-order valence-electron chi connectivity index (χ1n) is 4.22. The van der Waals surface area contributed by atoms with Crippen LogP contribution in [0.25, 0.3) is 0 Å². The van der Waals surface area contributed by atoms with Crippen LogP contribution in [0.4, 0.5) is 10.7 Å². The van der Waals surface area contributed by atoms with E-state index in [4.69, 9.17) is 16.1 Å². The summed E-state index contributed by atoms with van der Waals surface area (Å²) in [5, 5.41) is 7.95. The van der Waals surface area contributed by atoms with E-state index in [0.29, 0.717) is 5.69 Å². The van der Waals surface area contributed by atoms with E-state index in [1.807, 2.05) is 0 Å². The molecule has 2 N–H and O–H groups in total. The number of carbonyl (C=O) groups is 2. The van der Waals surface area contributed by atoms with Crippen molar-refractivity contribution in [2.45, 2.75) is 13.3 Å². The van der Waals surface area contributed by atoms with E-state index < -0.39 is 11.9 Å². The number of aromatic nitrogens is 1. The Balaban J connectivity index is 2.39. The van der Waals surface area contributed by atoms with E-state index in [9.17, 15) is 9.59 Å². The number of urea groups is 1. The van der Waals surface area contributed by atoms with Crippen LogP contribution in [0.1, 0.15) is 12.1 Å². The molecule has 0 unspecified atom stereocenters. The van der Waals surface area contributed by atoms with Crippen molar-refractivity contribution in [1.82, 2.24) is 10.5 Å². The lowest BCUT2D eigenvalue weighted by atomic mass is 10.4. The summed E-state index contributed by atoms with van der Waals surface area (Å²) < 4.78 is 4.72. The number of anilines is 1. The van der Waals surface area contributed by atoms with Crippen molar-refractivity contribution in [3.63, 3.8) is 0 Å². The number of halogens is 1. The molecule has 0 bridgehead atoms. The zero-order valence-electron chi connectivity index (χ0n) is 8.04. The smallest absolute Gasteiger partial charge is 0.328 e. The van der Waals surface area contributed by atoms with Crippen molar-refractivity contribution in [3.05, 3.63) is 11.8 Å². The second-order valence-corrected chi connectivity index (χ2v) is 3.15. The Hall–Kier alpha value is -1.56. The predicted molar refractivity (Wildman–Crippen MR) is 53.7 cm³/mol. The number of rotatable bonds is 3. The van der Waals surface area contributed by atoms with E-state index in [1.54, 1.807) is 6.92 Å². The van der Waals surface area contributed by atoms with Gasteiger partial charge in [0.05, 0.1) is 5.69 Å². The predicted octanol–water partition coefficient (Wildman–Crippen LogP) is 1.26. The highest BCUT2D eigenvalue weighted by Crippen LogP contribution is 2.07. The molecule has 0 aliphatic carbocycles. The minimum atomic E-state index is -0.665. The lowest BCUT2D eigenvalue weighted by Gasteiger charge is -2.01. The molecule has 0 spiro atoms. The Morgan fingerprint density at radius 2 is 2.33 bits per heavy atom. The third-order valence-corrected chi connectivity index (χ3v) is 1.63. The number of nitrogens with one attached hydrogen (secondary N) is 2. The molecular weight excluding hydrogens is 222 g/mol. The van der Waals surface area contributed by atoms with Crippen LogP contribution in [0, 0.1) is 6.92 Å². The lowest BCUT2D eigenvalue weighted by Crippen LogP contribution is -2.34. The SMILES string of the molecule is Cc1cc(NC(=O)NC(=O)CCCl)on1. The molecule has 1 heterocycles. The summed E-state index contributed by atoms with van der Waals surface area (Å²) in [5.74, 6) is -0.0945. The highest BCUT2D eigenvalue weighted by Gasteiger charge is 2.09. The summed E-state index contributed by atoms with van der Waals surface area (Å²) in [6, 6.07) is 0.868. The van der Waals surface area contributed by atoms with Gasteiger partial charge in [-0.25, -0.2) is 4.79 Å². The van der Waals surface area contributed by atoms with Gasteiger partial charge in [0.2, 0.25) is 11.8 Å². The van der Waals surface area contributed by atoms with Gasteiger partial charge in [-0.05, 0) is 6.92 Å². The van der Waals surface area contributed by atoms with E-state index in [2.05, 4.69) is 15.8 Å². The van der Waals surface area contributed by atoms with Crippen LogP contribution >= 0.6 is 11.6 Å². The van der Waals surface area contributed by atoms with Gasteiger partial charge < -0.3 is 4.52 Å². The number of nitrogens with zero attached hydrogens (tertiary/aromatic N) is 1. The Morgan fingerprint density at radius 1 is 1.60 bits per heavy atom. The number of amides is 3. The van der Waals surface area contributed by atoms with Crippen LogP contribution in [0.2, 0.25) is 0 Å². The monoisotopic (exact) mass is 231 g/mol. The van der Waals surface area contributed by atoms with Gasteiger partial charge in [0.15, 0.2) is 0 Å². The minimum absolute atomic E-state index is 0.0877. The minimum Gasteiger partial charge on any atom is -0.338 e. The van der Waals surface area contributed by atoms with Crippen LogP contribution in [0.3, 0.4) is 0 Å². The zero-order chi connectivity index (χ0) is 11.3. The molecule has 0 saturated carbocycles. The summed E-state index contributed by atoms with van der Waals surface area (Å²) in [6.45, 7) is 1.71. The fourth-order valence-electron chi connectivity index (χ4n) is 0.841. The number of aryl methyl sites for hydroxylation is 1. The second-order valence-electron chi connectivity index (χ2n) is 2.77. The van der Waals surface area contributed by atoms with Crippen LogP contribution in [0.15, 0.2) is 10.6 Å². The molecule has 0 fully saturated rings. The summed E-state index contributed by atoms with van der Waals surface area (Å²) in [7, 11) is 0. The largest absolute Gasteiger partial charge is 0.338 e. The lowest BCUT2D eigenvalue weighted by molar-refractivity contribution is -0.119. The van der Waals surface area contributed by atoms with Crippen LogP contribution in [-0.4, -0.2) is 23.0 Å². The number of hydrogen-bond acceptors (Lipinski definition) is 4. The normalized spacial score (nSPS) is 9.73. The maximum absolute atomic E-state index is 11.1. The molecule has 15 heavy (non-hydrogen) atoms. The number of alkyl halides is 1. The highest BCUT2D eigenvalue weighted by atomic mass is 35.5. The van der Waals surface area contributed by atoms with Crippen LogP contribution in [0.5, 0.6) is 0 Å². The summed E-state index contributed by atoms with van der Waals surface area (Å²) in [5.41, 5.74) is 0.636. The van der Waals surface area contributed by atoms with Gasteiger partial charge in [-0.3, -0.25) is 15.4 Å². The van der Waals surface area contributed by atoms with Crippen molar-refractivity contribution in [3.8, 4) is 0 Å². The molecule has 0 aromatic carbocycles. The van der Waals surface area contributed by atoms with Crippen molar-refractivity contribution < 1.29 is 14.1 Å². The molecular formula is C8H10ClN3O3. The molecule has 0 aliphatic heterocycles. The van der Waals surface area contributed by atoms with E-state index in [1.165, 1.54) is 6.07 Å². The summed E-state index contributed by atoms with van der Waals surface area (Å²) in [6.07, 6.45) is 0.0877. The van der Waals surface area contributed by atoms with Crippen LogP contribution < -0.4 is 10.6 Å². The van der Waals surface area contributed by atoms with Gasteiger partial charge in [0.25, 0.3) is 0 Å². The first-order valence-corrected chi connectivity index (χ1v) is 4.75. The molecule has 1 aromatic rings. The third-order valence-electron chi connectivity index (χ3n) is 1.44. The number of carbonyl (C=O) groups excluding carboxylic acids is 2. The molecule has 1 aromatic heterocycles. The number of imide groups is 1. The molecule has 6 nitrogen and oxygen atoms in total. The fraction of sp³-hybridized carbons (Fsp3) is 0.375. The van der Waals surface area contributed by atoms with E-state index in [0.717, 1.165) is 0 Å². The summed E-state index contributed by atoms with van der Waals surface area (Å²) >= 11 is 5.32. The quantitative estimate of drug-likeness (QED) is 0.767. The van der Waals surface area contributed by atoms with Crippen LogP contribution in [-0.2, 0) is 4.79 Å². The molecule has 0 aliphatic rings. The van der Waals surface area contributed by atoms with Gasteiger partial charge >= 0.3 is 6.03 Å². The Labute approximate surface area is 90.9 Å². The van der Waals surface area contributed by atoms with Gasteiger partial charge in [-0.15, -0.1) is 11.6 Å². The molecule has 1 rings (SSSR count). The molecule has 0 radical (unpaired) electrons. The Kier molecular flexibility index (Phi) is 4.11. The van der Waals surface area contributed by atoms with Crippen molar-refractivity contribution >= 4 is 29.4 Å². The van der Waals surface area contributed by atoms with E-state index >= 15 is 0 Å². The van der Waals surface area contributed by atoms with Gasteiger partial charge in [-0.2, -0.15) is 0 Å². The first kappa shape index (κ1) is 11.5. The van der Waals surface area contributed by atoms with Crippen molar-refractivity contribution in [2.24, 2.45) is 0 Å². The zero-order valence-corrected chi connectivity index (χ0v) is 8.80. The van der Waals surface area contributed by atoms with E-state index in [-0.39, 0.29) is 18.2 Å². The third kappa shape index (κ3) is 3.99. The molecule has 0 atom stereocenters. The second kappa shape index (κ2) is 5.35. The highest BCUT2D eigenvalue weighted by molar-refractivity contribution is 6.19. The Bertz CT molecular complexity index is 364. The molecule has 3 amide bonds. The van der Waals surface area contributed by atoms with Gasteiger partial charge in [0.1, 0.15) is 0 Å². The van der Waals surface area contributed by atoms with Crippen molar-refractivity contribution in [1.29, 1.82) is 0 Å². The Morgan fingerprint density at radius 3 is 2.87 bits per heavy atom. The molecule has 82 valence electrons. The maximum atomic E-state index is 11.1. The number of hydrogen-bond donors (Lipinski definition) is 2. The van der Waals surface area contributed by atoms with Gasteiger partial charge in [0, 0.05) is 18.4 Å². The first-order chi connectivity index (χ1) is 7.11. The summed E-state index contributed by atoms with van der Waals surface area (Å²) in [4.78, 5) is 22.1. The topological polar surface area (TPSA) is 84.2 Å². The standard InChI is InChI=1S/C8H10ClN3O3/c1-5-4-7(15-12-5)11-8(14)10-6(13)2-3-9/h4H,2-3H2,1H3,(H2,10,11,13,14). The average molecular weight is 232 g/mol.